The number of nitrogens with one attached hydrogen (secondary N) is 1. The van der Waals surface area contributed by atoms with Crippen LogP contribution in [-0.4, -0.2) is 53.0 Å². The van der Waals surface area contributed by atoms with Gasteiger partial charge in [-0.15, -0.1) is 10.2 Å². The summed E-state index contributed by atoms with van der Waals surface area (Å²) in [6.45, 7) is 8.21. The number of rotatable bonds is 8. The first-order valence-electron chi connectivity index (χ1n) is 10.4. The van der Waals surface area contributed by atoms with E-state index in [4.69, 9.17) is 4.74 Å². The molecule has 2 heterocycles. The van der Waals surface area contributed by atoms with E-state index in [1.165, 1.54) is 11.8 Å². The fourth-order valence-electron chi connectivity index (χ4n) is 3.40. The summed E-state index contributed by atoms with van der Waals surface area (Å²) in [4.78, 5) is 15.3. The van der Waals surface area contributed by atoms with Crippen LogP contribution in [0.15, 0.2) is 35.5 Å². The largest absolute Gasteiger partial charge is 0.378 e. The predicted molar refractivity (Wildman–Crippen MR) is 114 cm³/mol. The van der Waals surface area contributed by atoms with Crippen LogP contribution in [0.1, 0.15) is 37.5 Å². The summed E-state index contributed by atoms with van der Waals surface area (Å²) in [5, 5.41) is 12.6. The Bertz CT molecular complexity index is 816. The number of carbonyl (C=O) groups is 1. The summed E-state index contributed by atoms with van der Waals surface area (Å²) in [5.74, 6) is 1.37. The van der Waals surface area contributed by atoms with Gasteiger partial charge in [-0.25, -0.2) is 0 Å². The first-order valence-corrected chi connectivity index (χ1v) is 11.3. The lowest BCUT2D eigenvalue weighted by Crippen LogP contribution is -2.38. The van der Waals surface area contributed by atoms with Gasteiger partial charge in [0, 0.05) is 25.7 Å². The molecule has 1 aliphatic heterocycles. The zero-order chi connectivity index (χ0) is 20.2. The van der Waals surface area contributed by atoms with Crippen molar-refractivity contribution in [3.63, 3.8) is 0 Å². The van der Waals surface area contributed by atoms with Crippen molar-refractivity contribution in [2.75, 3.05) is 31.2 Å². The molecule has 1 N–H and O–H groups in total. The second kappa shape index (κ2) is 9.17. The molecule has 7 nitrogen and oxygen atoms in total. The van der Waals surface area contributed by atoms with Crippen LogP contribution >= 0.6 is 11.8 Å². The van der Waals surface area contributed by atoms with Crippen molar-refractivity contribution in [3.8, 4) is 0 Å². The maximum atomic E-state index is 13.0. The highest BCUT2D eigenvalue weighted by Crippen LogP contribution is 2.37. The molecule has 1 aromatic carbocycles. The summed E-state index contributed by atoms with van der Waals surface area (Å²) < 4.78 is 7.66. The van der Waals surface area contributed by atoms with Gasteiger partial charge < -0.3 is 15.0 Å². The number of nitrogens with zero attached hydrogens (tertiary/aromatic N) is 4. The average Bonchev–Trinajstić information content (AvgIpc) is 3.46. The lowest BCUT2D eigenvalue weighted by Gasteiger charge is -2.28. The molecule has 0 bridgehead atoms. The molecule has 1 aromatic heterocycles. The topological polar surface area (TPSA) is 72.3 Å². The number of hydrogen-bond donors (Lipinski definition) is 1. The molecule has 0 radical (unpaired) electrons. The monoisotopic (exact) mass is 415 g/mol. The van der Waals surface area contributed by atoms with Crippen LogP contribution in [0.5, 0.6) is 0 Å². The van der Waals surface area contributed by atoms with E-state index < -0.39 is 0 Å². The van der Waals surface area contributed by atoms with Gasteiger partial charge in [0.05, 0.1) is 13.2 Å². The third-order valence-electron chi connectivity index (χ3n) is 5.03. The van der Waals surface area contributed by atoms with E-state index in [0.29, 0.717) is 25.2 Å². The Balaban J connectivity index is 1.62. The molecule has 1 amide bonds. The first-order chi connectivity index (χ1) is 14.1. The van der Waals surface area contributed by atoms with E-state index in [9.17, 15) is 4.79 Å². The van der Waals surface area contributed by atoms with E-state index >= 15 is 0 Å². The molecule has 4 rings (SSSR count). The molecule has 2 fully saturated rings. The summed E-state index contributed by atoms with van der Waals surface area (Å²) >= 11 is 1.49. The number of amides is 1. The van der Waals surface area contributed by atoms with E-state index in [0.717, 1.165) is 49.1 Å². The van der Waals surface area contributed by atoms with E-state index in [1.54, 1.807) is 0 Å². The number of hydrogen-bond acceptors (Lipinski definition) is 6. The number of anilines is 1. The van der Waals surface area contributed by atoms with Gasteiger partial charge >= 0.3 is 0 Å². The van der Waals surface area contributed by atoms with Gasteiger partial charge in [-0.05, 0) is 24.3 Å². The first kappa shape index (κ1) is 20.2. The fraction of sp³-hybridized carbons (Fsp3) is 0.571. The van der Waals surface area contributed by atoms with Gasteiger partial charge in [-0.3, -0.25) is 9.36 Å². The Kier molecular flexibility index (Phi) is 6.40. The zero-order valence-corrected chi connectivity index (χ0v) is 17.9. The van der Waals surface area contributed by atoms with Crippen LogP contribution in [0.4, 0.5) is 5.95 Å². The van der Waals surface area contributed by atoms with Crippen LogP contribution < -0.4 is 10.2 Å². The highest BCUT2D eigenvalue weighted by molar-refractivity contribution is 8.00. The highest BCUT2D eigenvalue weighted by Gasteiger charge is 2.31. The molecule has 2 aromatic rings. The maximum Gasteiger partial charge on any atom is 0.238 e. The van der Waals surface area contributed by atoms with Crippen molar-refractivity contribution < 1.29 is 9.53 Å². The quantitative estimate of drug-likeness (QED) is 0.669. The Morgan fingerprint density at radius 2 is 1.93 bits per heavy atom. The van der Waals surface area contributed by atoms with Crippen LogP contribution in [0.2, 0.25) is 0 Å². The van der Waals surface area contributed by atoms with Gasteiger partial charge in [0.1, 0.15) is 5.25 Å². The lowest BCUT2D eigenvalue weighted by atomic mass is 10.1. The molecule has 156 valence electrons. The predicted octanol–water partition coefficient (Wildman–Crippen LogP) is 2.88. The molecule has 29 heavy (non-hydrogen) atoms. The molecule has 1 atom stereocenters. The average molecular weight is 416 g/mol. The van der Waals surface area contributed by atoms with Crippen LogP contribution in [0.3, 0.4) is 0 Å². The second-order valence-corrected chi connectivity index (χ2v) is 9.15. The third-order valence-corrected chi connectivity index (χ3v) is 6.26. The molecule has 1 unspecified atom stereocenters. The number of morpholine rings is 1. The Morgan fingerprint density at radius 1 is 1.21 bits per heavy atom. The minimum atomic E-state index is -0.343. The minimum Gasteiger partial charge on any atom is -0.378 e. The van der Waals surface area contributed by atoms with Crippen LogP contribution in [-0.2, 0) is 16.1 Å². The number of thioether (sulfide) groups is 1. The summed E-state index contributed by atoms with van der Waals surface area (Å²) in [5.41, 5.74) is 0.989. The van der Waals surface area contributed by atoms with Gasteiger partial charge in [-0.2, -0.15) is 0 Å². The smallest absolute Gasteiger partial charge is 0.238 e. The maximum absolute atomic E-state index is 13.0. The van der Waals surface area contributed by atoms with Gasteiger partial charge in [0.15, 0.2) is 5.16 Å². The van der Waals surface area contributed by atoms with Crippen LogP contribution in [0, 0.1) is 5.92 Å². The summed E-state index contributed by atoms with van der Waals surface area (Å²) in [7, 11) is 0. The van der Waals surface area contributed by atoms with Crippen molar-refractivity contribution in [1.82, 2.24) is 20.1 Å². The molecule has 1 saturated carbocycles. The number of carbonyl (C=O) groups excluding carboxylic acids is 1. The highest BCUT2D eigenvalue weighted by atomic mass is 32.2. The molecule has 8 heteroatoms. The van der Waals surface area contributed by atoms with Crippen molar-refractivity contribution >= 4 is 23.6 Å². The molecular weight excluding hydrogens is 386 g/mol. The third kappa shape index (κ3) is 5.11. The summed E-state index contributed by atoms with van der Waals surface area (Å²) in [6, 6.07) is 10.3. The molecule has 2 aliphatic rings. The van der Waals surface area contributed by atoms with Crippen molar-refractivity contribution in [2.45, 2.75) is 49.7 Å². The number of benzene rings is 1. The van der Waals surface area contributed by atoms with Crippen molar-refractivity contribution in [1.29, 1.82) is 0 Å². The van der Waals surface area contributed by atoms with E-state index in [1.807, 2.05) is 30.3 Å². The molecular formula is C21H29N5O2S. The minimum absolute atomic E-state index is 0.0516. The summed E-state index contributed by atoms with van der Waals surface area (Å²) in [6.07, 6.45) is 2.14. The molecule has 1 saturated heterocycles. The second-order valence-electron chi connectivity index (χ2n) is 8.08. The standard InChI is InChI=1S/C21H29N5O2S/c1-15(2)14-26-20(25-10-12-28-13-11-25)23-24-21(26)29-18(16-6-4-3-5-7-16)19(27)22-17-8-9-17/h3-7,15,17-18H,8-14H2,1-2H3,(H,22,27). The van der Waals surface area contributed by atoms with Gasteiger partial charge in [-0.1, -0.05) is 55.9 Å². The Morgan fingerprint density at radius 3 is 2.59 bits per heavy atom. The van der Waals surface area contributed by atoms with Gasteiger partial charge in [0.2, 0.25) is 11.9 Å². The normalized spacial score (nSPS) is 18.1. The number of aromatic nitrogens is 3. The lowest BCUT2D eigenvalue weighted by molar-refractivity contribution is -0.120. The molecule has 1 aliphatic carbocycles. The van der Waals surface area contributed by atoms with Crippen molar-refractivity contribution in [3.05, 3.63) is 35.9 Å². The van der Waals surface area contributed by atoms with E-state index in [-0.39, 0.29) is 11.2 Å². The zero-order valence-electron chi connectivity index (χ0n) is 17.1. The van der Waals surface area contributed by atoms with E-state index in [2.05, 4.69) is 38.8 Å². The SMILES string of the molecule is CC(C)Cn1c(SC(C(=O)NC2CC2)c2ccccc2)nnc1N1CCOCC1. The molecule has 0 spiro atoms. The Labute approximate surface area is 176 Å². The van der Waals surface area contributed by atoms with Crippen molar-refractivity contribution in [2.24, 2.45) is 5.92 Å². The van der Waals surface area contributed by atoms with Crippen LogP contribution in [0.25, 0.3) is 0 Å². The Hall–Kier alpha value is -2.06. The van der Waals surface area contributed by atoms with Gasteiger partial charge in [0.25, 0.3) is 0 Å². The fourth-order valence-corrected chi connectivity index (χ4v) is 4.45. The number of ether oxygens (including phenoxy) is 1.